The minimum Gasteiger partial charge on any atom is -0.478 e. The molecule has 2 aromatic heterocycles. The second-order valence-electron chi connectivity index (χ2n) is 9.74. The van der Waals surface area contributed by atoms with Gasteiger partial charge in [-0.25, -0.2) is 9.59 Å². The maximum Gasteiger partial charge on any atom is 0.328 e. The number of nitrogens with zero attached hydrogens (tertiary/aromatic N) is 4. The summed E-state index contributed by atoms with van der Waals surface area (Å²) in [4.78, 5) is 45.9. The van der Waals surface area contributed by atoms with E-state index in [1.807, 2.05) is 18.2 Å². The molecule has 12 heteroatoms. The van der Waals surface area contributed by atoms with Gasteiger partial charge in [-0.05, 0) is 63.4 Å². The number of halogens is 1. The fourth-order valence-corrected chi connectivity index (χ4v) is 6.05. The number of aryl methyl sites for hydroxylation is 2. The number of aliphatic carboxylic acids is 2. The summed E-state index contributed by atoms with van der Waals surface area (Å²) in [6, 6.07) is 8.31. The standard InChI is InChI=1S/C24H29ClN4O2S.C4H4O4/c1-17-15-19-22(32-17)5-4-10-28(23(19)30)9-3-2-8-27-11-13-29(14-12-27)24-26-20-16-18(25)6-7-21(20)31-24;5-3(6)1-2-4(7)8/h6-7,15-16H,2-5,8-14H2,1H3;1-2H,(H,5,6)(H,7,8)/b;2-1-. The summed E-state index contributed by atoms with van der Waals surface area (Å²) in [6.07, 6.45) is 5.39. The molecule has 2 aliphatic rings. The van der Waals surface area contributed by atoms with Crippen LogP contribution in [0.3, 0.4) is 0 Å². The third kappa shape index (κ3) is 8.06. The van der Waals surface area contributed by atoms with Crippen molar-refractivity contribution in [3.63, 3.8) is 0 Å². The maximum atomic E-state index is 12.9. The first-order chi connectivity index (χ1) is 19.2. The number of amides is 1. The van der Waals surface area contributed by atoms with Crippen molar-refractivity contribution in [3.8, 4) is 0 Å². The molecule has 0 aliphatic carbocycles. The maximum absolute atomic E-state index is 12.9. The Morgan fingerprint density at radius 2 is 1.75 bits per heavy atom. The molecule has 10 nitrogen and oxygen atoms in total. The molecule has 2 N–H and O–H groups in total. The predicted molar refractivity (Wildman–Crippen MR) is 155 cm³/mol. The number of anilines is 1. The van der Waals surface area contributed by atoms with Gasteiger partial charge in [0.1, 0.15) is 5.52 Å². The minimum atomic E-state index is -1.26. The molecular formula is C28H33ClN4O6S. The van der Waals surface area contributed by atoms with E-state index in [-0.39, 0.29) is 5.91 Å². The topological polar surface area (TPSA) is 127 Å². The van der Waals surface area contributed by atoms with Crippen LogP contribution in [0.15, 0.2) is 40.8 Å². The van der Waals surface area contributed by atoms with Crippen LogP contribution in [0.25, 0.3) is 11.1 Å². The Labute approximate surface area is 241 Å². The number of thiophene rings is 1. The number of rotatable bonds is 8. The normalized spacial score (nSPS) is 16.1. The lowest BCUT2D eigenvalue weighted by Gasteiger charge is -2.33. The van der Waals surface area contributed by atoms with Crippen molar-refractivity contribution in [2.45, 2.75) is 32.6 Å². The van der Waals surface area contributed by atoms with Crippen molar-refractivity contribution in [1.29, 1.82) is 0 Å². The second-order valence-corrected chi connectivity index (χ2v) is 11.5. The Bertz CT molecular complexity index is 1360. The summed E-state index contributed by atoms with van der Waals surface area (Å²) < 4.78 is 5.91. The van der Waals surface area contributed by atoms with E-state index >= 15 is 0 Å². The van der Waals surface area contributed by atoms with Gasteiger partial charge in [-0.2, -0.15) is 4.98 Å². The van der Waals surface area contributed by atoms with E-state index in [9.17, 15) is 14.4 Å². The number of aromatic nitrogens is 1. The summed E-state index contributed by atoms with van der Waals surface area (Å²) in [5.41, 5.74) is 2.53. The summed E-state index contributed by atoms with van der Waals surface area (Å²) in [5, 5.41) is 16.3. The molecule has 0 bridgehead atoms. The van der Waals surface area contributed by atoms with Crippen LogP contribution in [0.4, 0.5) is 6.01 Å². The summed E-state index contributed by atoms with van der Waals surface area (Å²) >= 11 is 7.84. The van der Waals surface area contributed by atoms with Crippen LogP contribution in [0, 0.1) is 6.92 Å². The number of hydrogen-bond donors (Lipinski definition) is 2. The fraction of sp³-hybridized carbons (Fsp3) is 0.429. The van der Waals surface area contributed by atoms with Gasteiger partial charge in [0.05, 0.1) is 5.56 Å². The van der Waals surface area contributed by atoms with Crippen molar-refractivity contribution in [2.24, 2.45) is 0 Å². The molecule has 5 rings (SSSR count). The first-order valence-corrected chi connectivity index (χ1v) is 14.4. The van der Waals surface area contributed by atoms with E-state index in [4.69, 9.17) is 26.2 Å². The van der Waals surface area contributed by atoms with Crippen LogP contribution in [0.2, 0.25) is 5.02 Å². The highest BCUT2D eigenvalue weighted by Crippen LogP contribution is 2.28. The number of piperazine rings is 1. The molecule has 1 amide bonds. The molecule has 0 unspecified atom stereocenters. The highest BCUT2D eigenvalue weighted by atomic mass is 35.5. The SMILES string of the molecule is Cc1cc2c(s1)CCCN(CCCCN1CCN(c3nc4cc(Cl)ccc4o3)CC1)C2=O.O=C(O)/C=C\C(=O)O. The molecule has 0 radical (unpaired) electrons. The first-order valence-electron chi connectivity index (χ1n) is 13.3. The molecule has 0 spiro atoms. The lowest BCUT2D eigenvalue weighted by atomic mass is 10.2. The second kappa shape index (κ2) is 13.8. The zero-order valence-corrected chi connectivity index (χ0v) is 23.9. The van der Waals surface area contributed by atoms with Gasteiger partial charge in [0, 0.05) is 66.2 Å². The minimum absolute atomic E-state index is 0.232. The van der Waals surface area contributed by atoms with Crippen LogP contribution in [0.5, 0.6) is 0 Å². The molecule has 3 aromatic rings. The van der Waals surface area contributed by atoms with Crippen molar-refractivity contribution >= 4 is 57.9 Å². The van der Waals surface area contributed by atoms with Crippen molar-refractivity contribution in [1.82, 2.24) is 14.8 Å². The van der Waals surface area contributed by atoms with E-state index < -0.39 is 11.9 Å². The molecule has 1 fully saturated rings. The summed E-state index contributed by atoms with van der Waals surface area (Å²) in [7, 11) is 0. The number of fused-ring (bicyclic) bond motifs is 2. The van der Waals surface area contributed by atoms with Crippen LogP contribution in [-0.4, -0.2) is 88.7 Å². The van der Waals surface area contributed by atoms with Gasteiger partial charge >= 0.3 is 11.9 Å². The molecule has 1 saturated heterocycles. The third-order valence-electron chi connectivity index (χ3n) is 6.78. The highest BCUT2D eigenvalue weighted by molar-refractivity contribution is 7.12. The number of benzene rings is 1. The Morgan fingerprint density at radius 3 is 2.45 bits per heavy atom. The smallest absolute Gasteiger partial charge is 0.328 e. The van der Waals surface area contributed by atoms with E-state index in [1.165, 1.54) is 9.75 Å². The van der Waals surface area contributed by atoms with Crippen molar-refractivity contribution in [3.05, 3.63) is 56.8 Å². The van der Waals surface area contributed by atoms with E-state index in [1.54, 1.807) is 11.3 Å². The number of oxazole rings is 1. The molecule has 1 aromatic carbocycles. The fourth-order valence-electron chi connectivity index (χ4n) is 4.81. The largest absolute Gasteiger partial charge is 0.478 e. The molecule has 0 saturated carbocycles. The number of carbonyl (C=O) groups is 3. The predicted octanol–water partition coefficient (Wildman–Crippen LogP) is 4.55. The number of unbranched alkanes of at least 4 members (excludes halogenated alkanes) is 1. The zero-order chi connectivity index (χ0) is 28.6. The van der Waals surface area contributed by atoms with Crippen LogP contribution >= 0.6 is 22.9 Å². The Morgan fingerprint density at radius 1 is 1.05 bits per heavy atom. The molecule has 2 aliphatic heterocycles. The monoisotopic (exact) mass is 588 g/mol. The number of carboxylic acid groups (broad SMARTS) is 2. The van der Waals surface area contributed by atoms with Crippen molar-refractivity contribution < 1.29 is 29.0 Å². The number of hydrogen-bond acceptors (Lipinski definition) is 8. The summed E-state index contributed by atoms with van der Waals surface area (Å²) in [5.74, 6) is -2.28. The van der Waals surface area contributed by atoms with Gasteiger partial charge in [0.15, 0.2) is 5.58 Å². The van der Waals surface area contributed by atoms with Gasteiger partial charge in [-0.15, -0.1) is 11.3 Å². The average Bonchev–Trinajstić information content (AvgIpc) is 3.48. The first kappa shape index (κ1) is 29.6. The Balaban J connectivity index is 0.000000406. The van der Waals surface area contributed by atoms with Crippen LogP contribution < -0.4 is 4.90 Å². The third-order valence-corrected chi connectivity index (χ3v) is 8.13. The van der Waals surface area contributed by atoms with Gasteiger partial charge in [-0.1, -0.05) is 11.6 Å². The Hall–Kier alpha value is -3.41. The van der Waals surface area contributed by atoms with Gasteiger partial charge < -0.3 is 24.4 Å². The quantitative estimate of drug-likeness (QED) is 0.288. The zero-order valence-electron chi connectivity index (χ0n) is 22.3. The van der Waals surface area contributed by atoms with Gasteiger partial charge in [0.2, 0.25) is 0 Å². The molecule has 40 heavy (non-hydrogen) atoms. The van der Waals surface area contributed by atoms with E-state index in [2.05, 4.69) is 32.7 Å². The van der Waals surface area contributed by atoms with Crippen LogP contribution in [0.1, 0.15) is 39.4 Å². The lowest BCUT2D eigenvalue weighted by molar-refractivity contribution is -0.134. The average molecular weight is 589 g/mol. The van der Waals surface area contributed by atoms with Gasteiger partial charge in [-0.3, -0.25) is 9.69 Å². The molecular weight excluding hydrogens is 556 g/mol. The van der Waals surface area contributed by atoms with Crippen molar-refractivity contribution in [2.75, 3.05) is 50.7 Å². The van der Waals surface area contributed by atoms with Crippen LogP contribution in [-0.2, 0) is 16.0 Å². The van der Waals surface area contributed by atoms with Gasteiger partial charge in [0.25, 0.3) is 11.9 Å². The molecule has 4 heterocycles. The lowest BCUT2D eigenvalue weighted by Crippen LogP contribution is -2.46. The number of carbonyl (C=O) groups excluding carboxylic acids is 1. The number of carboxylic acids is 2. The van der Waals surface area contributed by atoms with E-state index in [0.29, 0.717) is 23.2 Å². The Kier molecular flexibility index (Phi) is 10.2. The molecule has 214 valence electrons. The highest BCUT2D eigenvalue weighted by Gasteiger charge is 2.24. The summed E-state index contributed by atoms with van der Waals surface area (Å²) in [6.45, 7) is 8.72. The van der Waals surface area contributed by atoms with E-state index in [0.717, 1.165) is 88.2 Å². The molecule has 0 atom stereocenters.